The molecule has 0 aromatic heterocycles. The predicted molar refractivity (Wildman–Crippen MR) is 104 cm³/mol. The third-order valence-electron chi connectivity index (χ3n) is 4.23. The van der Waals surface area contributed by atoms with Crippen LogP contribution in [0.1, 0.15) is 13.8 Å². The Morgan fingerprint density at radius 2 is 1.85 bits per heavy atom. The number of hydrogen-bond acceptors (Lipinski definition) is 5. The van der Waals surface area contributed by atoms with Crippen molar-refractivity contribution in [2.75, 3.05) is 46.0 Å². The van der Waals surface area contributed by atoms with Crippen molar-refractivity contribution in [3.05, 3.63) is 28.2 Å². The lowest BCUT2D eigenvalue weighted by atomic mass is 10.3. The predicted octanol–water partition coefficient (Wildman–Crippen LogP) is 2.27. The molecule has 1 amide bonds. The van der Waals surface area contributed by atoms with E-state index in [2.05, 4.69) is 0 Å². The fourth-order valence-corrected chi connectivity index (χ4v) is 4.89. The van der Waals surface area contributed by atoms with Crippen LogP contribution in [-0.4, -0.2) is 75.6 Å². The van der Waals surface area contributed by atoms with Gasteiger partial charge in [-0.1, -0.05) is 29.3 Å². The Morgan fingerprint density at radius 3 is 2.48 bits per heavy atom. The van der Waals surface area contributed by atoms with Crippen molar-refractivity contribution >= 4 is 39.1 Å². The zero-order valence-corrected chi connectivity index (χ0v) is 17.7. The van der Waals surface area contributed by atoms with Crippen LogP contribution in [0.2, 0.25) is 10.0 Å². The minimum Gasteiger partial charge on any atom is -0.379 e. The maximum Gasteiger partial charge on any atom is 0.251 e. The minimum atomic E-state index is -3.77. The van der Waals surface area contributed by atoms with Crippen molar-refractivity contribution in [3.63, 3.8) is 0 Å². The topological polar surface area (TPSA) is 76.2 Å². The number of ether oxygens (including phenoxy) is 2. The molecule has 152 valence electrons. The van der Waals surface area contributed by atoms with Crippen LogP contribution < -0.4 is 0 Å². The summed E-state index contributed by atoms with van der Waals surface area (Å²) in [6.07, 6.45) is -0.601. The van der Waals surface area contributed by atoms with Gasteiger partial charge in [-0.3, -0.25) is 4.79 Å². The van der Waals surface area contributed by atoms with Crippen LogP contribution in [-0.2, 0) is 24.3 Å². The number of carbonyl (C=O) groups excluding carboxylic acids is 1. The first kappa shape index (κ1) is 22.4. The molecule has 1 fully saturated rings. The largest absolute Gasteiger partial charge is 0.379 e. The lowest BCUT2D eigenvalue weighted by molar-refractivity contribution is -0.144. The molecule has 0 saturated carbocycles. The highest BCUT2D eigenvalue weighted by Gasteiger charge is 2.33. The van der Waals surface area contributed by atoms with Crippen LogP contribution in [0.5, 0.6) is 0 Å². The van der Waals surface area contributed by atoms with Crippen molar-refractivity contribution < 1.29 is 22.7 Å². The number of amides is 1. The summed E-state index contributed by atoms with van der Waals surface area (Å²) in [6.45, 7) is 5.87. The van der Waals surface area contributed by atoms with Gasteiger partial charge in [-0.2, -0.15) is 4.31 Å². The fraction of sp³-hybridized carbons (Fsp3) is 0.588. The molecule has 0 aliphatic carbocycles. The van der Waals surface area contributed by atoms with Gasteiger partial charge in [-0.15, -0.1) is 0 Å². The second kappa shape index (κ2) is 10.0. The summed E-state index contributed by atoms with van der Waals surface area (Å²) in [4.78, 5) is 14.0. The van der Waals surface area contributed by atoms with E-state index < -0.39 is 16.1 Å². The summed E-state index contributed by atoms with van der Waals surface area (Å²) in [5.74, 6) is -0.163. The van der Waals surface area contributed by atoms with Gasteiger partial charge in [0.05, 0.1) is 23.3 Å². The lowest BCUT2D eigenvalue weighted by Crippen LogP contribution is -2.52. The van der Waals surface area contributed by atoms with Crippen molar-refractivity contribution in [1.82, 2.24) is 9.21 Å². The highest BCUT2D eigenvalue weighted by Crippen LogP contribution is 2.31. The van der Waals surface area contributed by atoms with Gasteiger partial charge in [-0.25, -0.2) is 8.42 Å². The number of rotatable bonds is 8. The first-order chi connectivity index (χ1) is 12.8. The van der Waals surface area contributed by atoms with Gasteiger partial charge in [0.2, 0.25) is 10.0 Å². The van der Waals surface area contributed by atoms with E-state index in [9.17, 15) is 13.2 Å². The van der Waals surface area contributed by atoms with Gasteiger partial charge in [0.15, 0.2) is 0 Å². The summed E-state index contributed by atoms with van der Waals surface area (Å²) < 4.78 is 37.6. The van der Waals surface area contributed by atoms with Crippen molar-refractivity contribution in [2.24, 2.45) is 0 Å². The fourth-order valence-electron chi connectivity index (χ4n) is 2.73. The first-order valence-corrected chi connectivity index (χ1v) is 10.9. The molecular formula is C17H24Cl2N2O5S. The van der Waals surface area contributed by atoms with Gasteiger partial charge in [0, 0.05) is 32.8 Å². The number of hydrogen-bond donors (Lipinski definition) is 0. The number of halogens is 2. The minimum absolute atomic E-state index is 0.00833. The van der Waals surface area contributed by atoms with E-state index in [1.165, 1.54) is 16.4 Å². The summed E-state index contributed by atoms with van der Waals surface area (Å²) in [5.41, 5.74) is 0. The smallest absolute Gasteiger partial charge is 0.251 e. The van der Waals surface area contributed by atoms with Gasteiger partial charge < -0.3 is 14.4 Å². The molecule has 1 saturated heterocycles. The third-order valence-corrected chi connectivity index (χ3v) is 7.10. The Hall–Kier alpha value is -0.900. The number of carbonyl (C=O) groups is 1. The molecule has 10 heteroatoms. The average molecular weight is 439 g/mol. The molecule has 1 heterocycles. The highest BCUT2D eigenvalue weighted by molar-refractivity contribution is 7.89. The van der Waals surface area contributed by atoms with Crippen molar-refractivity contribution in [2.45, 2.75) is 24.8 Å². The van der Waals surface area contributed by atoms with Crippen LogP contribution in [0.15, 0.2) is 23.1 Å². The quantitative estimate of drug-likeness (QED) is 0.581. The molecule has 1 aliphatic heterocycles. The van der Waals surface area contributed by atoms with Crippen molar-refractivity contribution in [3.8, 4) is 0 Å². The molecule has 27 heavy (non-hydrogen) atoms. The van der Waals surface area contributed by atoms with Crippen LogP contribution in [0.25, 0.3) is 0 Å². The number of nitrogens with zero attached hydrogens (tertiary/aromatic N) is 2. The van der Waals surface area contributed by atoms with Gasteiger partial charge in [-0.05, 0) is 26.0 Å². The van der Waals surface area contributed by atoms with Gasteiger partial charge >= 0.3 is 0 Å². The van der Waals surface area contributed by atoms with E-state index >= 15 is 0 Å². The average Bonchev–Trinajstić information content (AvgIpc) is 2.66. The maximum atomic E-state index is 12.8. The molecule has 0 bridgehead atoms. The first-order valence-electron chi connectivity index (χ1n) is 8.71. The van der Waals surface area contributed by atoms with Crippen LogP contribution in [0.3, 0.4) is 0 Å². The second-order valence-electron chi connectivity index (χ2n) is 5.99. The molecule has 0 N–H and O–H groups in total. The summed E-state index contributed by atoms with van der Waals surface area (Å²) >= 11 is 12.0. The summed E-state index contributed by atoms with van der Waals surface area (Å²) in [5, 5.41) is 0.193. The van der Waals surface area contributed by atoms with Crippen LogP contribution in [0, 0.1) is 0 Å². The molecule has 1 aromatic rings. The molecular weight excluding hydrogens is 415 g/mol. The van der Waals surface area contributed by atoms with E-state index in [-0.39, 0.29) is 47.0 Å². The van der Waals surface area contributed by atoms with Gasteiger partial charge in [0.25, 0.3) is 5.91 Å². The van der Waals surface area contributed by atoms with E-state index in [1.54, 1.807) is 17.9 Å². The van der Waals surface area contributed by atoms with E-state index in [1.807, 2.05) is 6.92 Å². The lowest BCUT2D eigenvalue weighted by Gasteiger charge is -2.35. The Balaban J connectivity index is 1.94. The Bertz CT molecular complexity index is 752. The second-order valence-corrected chi connectivity index (χ2v) is 8.68. The molecule has 7 nitrogen and oxygen atoms in total. The molecule has 1 aliphatic rings. The third kappa shape index (κ3) is 5.56. The monoisotopic (exact) mass is 438 g/mol. The Labute approximate surface area is 170 Å². The maximum absolute atomic E-state index is 12.8. The SMILES string of the molecule is CCOCCOC(C)C(=O)N1CCN(S(=O)(=O)c2cccc(Cl)c2Cl)CC1. The Morgan fingerprint density at radius 1 is 1.19 bits per heavy atom. The number of piperazine rings is 1. The molecule has 1 aromatic carbocycles. The standard InChI is InChI=1S/C17H24Cl2N2O5S/c1-3-25-11-12-26-13(2)17(22)20-7-9-21(10-8-20)27(23,24)15-6-4-5-14(18)16(15)19/h4-6,13H,3,7-12H2,1-2H3. The number of benzene rings is 1. The molecule has 2 rings (SSSR count). The van der Waals surface area contributed by atoms with Crippen LogP contribution >= 0.6 is 23.2 Å². The summed E-state index contributed by atoms with van der Waals surface area (Å²) in [7, 11) is -3.77. The molecule has 0 radical (unpaired) electrons. The summed E-state index contributed by atoms with van der Waals surface area (Å²) in [6, 6.07) is 4.50. The van der Waals surface area contributed by atoms with Gasteiger partial charge in [0.1, 0.15) is 11.0 Å². The van der Waals surface area contributed by atoms with E-state index in [4.69, 9.17) is 32.7 Å². The Kier molecular flexibility index (Phi) is 8.33. The van der Waals surface area contributed by atoms with Crippen LogP contribution in [0.4, 0.5) is 0 Å². The highest BCUT2D eigenvalue weighted by atomic mass is 35.5. The number of sulfonamides is 1. The molecule has 0 spiro atoms. The zero-order valence-electron chi connectivity index (χ0n) is 15.4. The van der Waals surface area contributed by atoms with Crippen molar-refractivity contribution in [1.29, 1.82) is 0 Å². The molecule has 1 unspecified atom stereocenters. The van der Waals surface area contributed by atoms with E-state index in [0.717, 1.165) is 0 Å². The van der Waals surface area contributed by atoms with E-state index in [0.29, 0.717) is 19.8 Å². The normalized spacial score (nSPS) is 17.1. The molecule has 1 atom stereocenters. The zero-order chi connectivity index (χ0) is 20.0.